The number of methoxy groups -OCH3 is 1. The highest BCUT2D eigenvalue weighted by Gasteiger charge is 2.36. The van der Waals surface area contributed by atoms with E-state index in [0.29, 0.717) is 37.3 Å². The minimum Gasteiger partial charge on any atom is -0.382 e. The van der Waals surface area contributed by atoms with E-state index < -0.39 is 0 Å². The van der Waals surface area contributed by atoms with Crippen LogP contribution in [0.2, 0.25) is 0 Å². The van der Waals surface area contributed by atoms with Crippen molar-refractivity contribution in [3.63, 3.8) is 0 Å². The lowest BCUT2D eigenvalue weighted by molar-refractivity contribution is 0.00813. The molecule has 20 heavy (non-hydrogen) atoms. The van der Waals surface area contributed by atoms with Crippen molar-refractivity contribution in [1.82, 2.24) is 0 Å². The molecule has 0 heterocycles. The Morgan fingerprint density at radius 3 is 1.95 bits per heavy atom. The fourth-order valence-corrected chi connectivity index (χ4v) is 2.77. The normalized spacial score (nSPS) is 21.0. The van der Waals surface area contributed by atoms with Crippen LogP contribution < -0.4 is 5.73 Å². The summed E-state index contributed by atoms with van der Waals surface area (Å²) in [7, 11) is 1.68. The first-order valence-corrected chi connectivity index (χ1v) is 7.88. The van der Waals surface area contributed by atoms with Gasteiger partial charge in [-0.3, -0.25) is 0 Å². The van der Waals surface area contributed by atoms with Gasteiger partial charge < -0.3 is 19.9 Å². The quantitative estimate of drug-likeness (QED) is 0.628. The highest BCUT2D eigenvalue weighted by Crippen LogP contribution is 2.46. The summed E-state index contributed by atoms with van der Waals surface area (Å²) in [5.41, 5.74) is 6.84. The molecule has 0 aromatic carbocycles. The van der Waals surface area contributed by atoms with Gasteiger partial charge in [0.1, 0.15) is 0 Å². The van der Waals surface area contributed by atoms with Gasteiger partial charge in [0.05, 0.1) is 26.4 Å². The van der Waals surface area contributed by atoms with E-state index in [-0.39, 0.29) is 0 Å². The van der Waals surface area contributed by atoms with Gasteiger partial charge in [0.25, 0.3) is 0 Å². The predicted octanol–water partition coefficient (Wildman–Crippen LogP) is 2.60. The fourth-order valence-electron chi connectivity index (χ4n) is 2.77. The molecular formula is C16H33NO3. The van der Waals surface area contributed by atoms with Crippen LogP contribution in [-0.4, -0.2) is 46.7 Å². The number of rotatable bonds is 10. The van der Waals surface area contributed by atoms with E-state index in [2.05, 4.69) is 13.8 Å². The van der Waals surface area contributed by atoms with Crippen LogP contribution in [-0.2, 0) is 14.2 Å². The molecule has 0 spiro atoms. The average Bonchev–Trinajstić information content (AvgIpc) is 2.44. The minimum absolute atomic E-state index is 0.312. The van der Waals surface area contributed by atoms with Crippen LogP contribution in [0.3, 0.4) is 0 Å². The molecule has 2 N–H and O–H groups in total. The molecule has 120 valence electrons. The Hall–Kier alpha value is -0.160. The van der Waals surface area contributed by atoms with Gasteiger partial charge >= 0.3 is 0 Å². The van der Waals surface area contributed by atoms with Crippen LogP contribution in [0, 0.1) is 10.8 Å². The van der Waals surface area contributed by atoms with Gasteiger partial charge in [0, 0.05) is 13.7 Å². The first-order valence-electron chi connectivity index (χ1n) is 7.88. The molecule has 1 fully saturated rings. The highest BCUT2D eigenvalue weighted by molar-refractivity contribution is 4.89. The lowest BCUT2D eigenvalue weighted by atomic mass is 9.64. The van der Waals surface area contributed by atoms with Gasteiger partial charge in [0.2, 0.25) is 0 Å². The molecule has 4 nitrogen and oxygen atoms in total. The van der Waals surface area contributed by atoms with Crippen LogP contribution in [0.15, 0.2) is 0 Å². The highest BCUT2D eigenvalue weighted by atomic mass is 16.5. The minimum atomic E-state index is 0.312. The molecule has 0 unspecified atom stereocenters. The Bertz CT molecular complexity index is 246. The second kappa shape index (κ2) is 8.98. The summed E-state index contributed by atoms with van der Waals surface area (Å²) in [6, 6.07) is 0. The third kappa shape index (κ3) is 6.53. The Morgan fingerprint density at radius 2 is 1.40 bits per heavy atom. The van der Waals surface area contributed by atoms with Gasteiger partial charge in [-0.2, -0.15) is 0 Å². The monoisotopic (exact) mass is 287 g/mol. The summed E-state index contributed by atoms with van der Waals surface area (Å²) < 4.78 is 16.0. The lowest BCUT2D eigenvalue weighted by Crippen LogP contribution is -2.38. The van der Waals surface area contributed by atoms with Crippen LogP contribution in [0.1, 0.15) is 46.0 Å². The van der Waals surface area contributed by atoms with Gasteiger partial charge in [-0.15, -0.1) is 0 Å². The Labute approximate surface area is 124 Å². The summed E-state index contributed by atoms with van der Waals surface area (Å²) in [5.74, 6) is 0. The lowest BCUT2D eigenvalue weighted by Gasteiger charge is -2.43. The first kappa shape index (κ1) is 17.9. The molecule has 0 aliphatic heterocycles. The maximum atomic E-state index is 6.03. The Morgan fingerprint density at radius 1 is 0.850 bits per heavy atom. The molecule has 0 radical (unpaired) electrons. The van der Waals surface area contributed by atoms with Crippen LogP contribution >= 0.6 is 0 Å². The maximum absolute atomic E-state index is 6.03. The van der Waals surface area contributed by atoms with E-state index in [1.807, 2.05) is 0 Å². The van der Waals surface area contributed by atoms with Crippen molar-refractivity contribution in [1.29, 1.82) is 0 Å². The third-order valence-corrected chi connectivity index (χ3v) is 4.68. The van der Waals surface area contributed by atoms with Crippen molar-refractivity contribution in [2.75, 3.05) is 46.7 Å². The molecule has 1 rings (SSSR count). The summed E-state index contributed by atoms with van der Waals surface area (Å²) in [6.07, 6.45) is 6.13. The van der Waals surface area contributed by atoms with Crippen LogP contribution in [0.5, 0.6) is 0 Å². The Kier molecular flexibility index (Phi) is 8.03. The topological polar surface area (TPSA) is 53.7 Å². The second-order valence-corrected chi connectivity index (χ2v) is 6.84. The molecular weight excluding hydrogens is 254 g/mol. The summed E-state index contributed by atoms with van der Waals surface area (Å²) in [4.78, 5) is 0. The molecule has 1 aliphatic carbocycles. The molecule has 0 bridgehead atoms. The predicted molar refractivity (Wildman–Crippen MR) is 81.9 cm³/mol. The number of hydrogen-bond acceptors (Lipinski definition) is 4. The van der Waals surface area contributed by atoms with Gasteiger partial charge in [0.15, 0.2) is 0 Å². The maximum Gasteiger partial charge on any atom is 0.0701 e. The summed E-state index contributed by atoms with van der Waals surface area (Å²) >= 11 is 0. The smallest absolute Gasteiger partial charge is 0.0701 e. The van der Waals surface area contributed by atoms with Gasteiger partial charge in [-0.05, 0) is 49.5 Å². The molecule has 0 saturated heterocycles. The molecule has 1 aliphatic rings. The van der Waals surface area contributed by atoms with Crippen molar-refractivity contribution in [3.8, 4) is 0 Å². The van der Waals surface area contributed by atoms with E-state index in [1.165, 1.54) is 25.7 Å². The SMILES string of the molecule is COCCOCCOCCC1(CN)CCC(C)(C)CC1. The molecule has 1 saturated carbocycles. The summed E-state index contributed by atoms with van der Waals surface area (Å²) in [6.45, 7) is 8.90. The van der Waals surface area contributed by atoms with Crippen molar-refractivity contribution >= 4 is 0 Å². The van der Waals surface area contributed by atoms with Crippen LogP contribution in [0.25, 0.3) is 0 Å². The molecule has 0 aromatic rings. The van der Waals surface area contributed by atoms with Crippen molar-refractivity contribution in [3.05, 3.63) is 0 Å². The van der Waals surface area contributed by atoms with Crippen molar-refractivity contribution in [2.24, 2.45) is 16.6 Å². The van der Waals surface area contributed by atoms with Crippen LogP contribution in [0.4, 0.5) is 0 Å². The molecule has 0 atom stereocenters. The largest absolute Gasteiger partial charge is 0.382 e. The van der Waals surface area contributed by atoms with E-state index in [0.717, 1.165) is 19.6 Å². The first-order chi connectivity index (χ1) is 9.54. The van der Waals surface area contributed by atoms with E-state index in [9.17, 15) is 0 Å². The summed E-state index contributed by atoms with van der Waals surface area (Å²) in [5, 5.41) is 0. The van der Waals surface area contributed by atoms with E-state index in [1.54, 1.807) is 7.11 Å². The fraction of sp³-hybridized carbons (Fsp3) is 1.00. The number of nitrogens with two attached hydrogens (primary N) is 1. The van der Waals surface area contributed by atoms with Crippen molar-refractivity contribution in [2.45, 2.75) is 46.0 Å². The zero-order valence-electron chi connectivity index (χ0n) is 13.6. The number of ether oxygens (including phenoxy) is 3. The van der Waals surface area contributed by atoms with Gasteiger partial charge in [-0.25, -0.2) is 0 Å². The zero-order chi connectivity index (χ0) is 14.9. The number of hydrogen-bond donors (Lipinski definition) is 1. The van der Waals surface area contributed by atoms with E-state index in [4.69, 9.17) is 19.9 Å². The molecule has 0 aromatic heterocycles. The third-order valence-electron chi connectivity index (χ3n) is 4.68. The standard InChI is InChI=1S/C16H33NO3/c1-15(2)4-6-16(14-17,7-5-15)8-9-19-12-13-20-11-10-18-3/h4-14,17H2,1-3H3. The van der Waals surface area contributed by atoms with Crippen molar-refractivity contribution < 1.29 is 14.2 Å². The molecule has 4 heteroatoms. The average molecular weight is 287 g/mol. The second-order valence-electron chi connectivity index (χ2n) is 6.84. The van der Waals surface area contributed by atoms with Gasteiger partial charge in [-0.1, -0.05) is 13.8 Å². The zero-order valence-corrected chi connectivity index (χ0v) is 13.6. The molecule has 0 amide bonds. The Balaban J connectivity index is 2.10. The van der Waals surface area contributed by atoms with E-state index >= 15 is 0 Å².